The van der Waals surface area contributed by atoms with E-state index in [0.29, 0.717) is 30.7 Å². The first-order valence-corrected chi connectivity index (χ1v) is 12.4. The largest absolute Gasteiger partial charge is 0.492 e. The van der Waals surface area contributed by atoms with Gasteiger partial charge in [0, 0.05) is 29.2 Å². The normalized spacial score (nSPS) is 30.8. The van der Waals surface area contributed by atoms with Gasteiger partial charge in [-0.2, -0.15) is 13.2 Å². The summed E-state index contributed by atoms with van der Waals surface area (Å²) < 4.78 is 49.5. The van der Waals surface area contributed by atoms with Crippen molar-refractivity contribution >= 4 is 22.6 Å². The minimum Gasteiger partial charge on any atom is -0.492 e. The van der Waals surface area contributed by atoms with Crippen LogP contribution >= 0.6 is 11.6 Å². The van der Waals surface area contributed by atoms with Crippen LogP contribution in [0.15, 0.2) is 42.7 Å². The van der Waals surface area contributed by atoms with Gasteiger partial charge in [-0.3, -0.25) is 0 Å². The minimum atomic E-state index is -4.60. The molecule has 3 unspecified atom stereocenters. The first-order chi connectivity index (χ1) is 16.8. The Labute approximate surface area is 212 Å². The predicted octanol–water partition coefficient (Wildman–Crippen LogP) is 5.20. The summed E-state index contributed by atoms with van der Waals surface area (Å²) in [5, 5.41) is 25.4. The topological polar surface area (TPSA) is 79.5 Å². The number of aromatic nitrogens is 2. The Hall–Kier alpha value is -2.33. The third kappa shape index (κ3) is 4.94. The highest BCUT2D eigenvalue weighted by Crippen LogP contribution is 2.45. The molecule has 6 nitrogen and oxygen atoms in total. The summed E-state index contributed by atoms with van der Waals surface area (Å²) in [5.74, 6) is 0.0655. The van der Waals surface area contributed by atoms with Crippen molar-refractivity contribution in [3.8, 4) is 5.75 Å². The molecule has 1 aromatic heterocycles. The van der Waals surface area contributed by atoms with E-state index in [4.69, 9.17) is 16.3 Å². The molecule has 3 N–H and O–H groups in total. The first-order valence-electron chi connectivity index (χ1n) is 12.0. The van der Waals surface area contributed by atoms with Gasteiger partial charge in [-0.1, -0.05) is 23.7 Å². The summed E-state index contributed by atoms with van der Waals surface area (Å²) in [5.41, 5.74) is -1.87. The number of nitrogens with one attached hydrogen (secondary N) is 1. The minimum absolute atomic E-state index is 0.00289. The van der Waals surface area contributed by atoms with Gasteiger partial charge >= 0.3 is 6.18 Å². The summed E-state index contributed by atoms with van der Waals surface area (Å²) >= 11 is 5.99. The van der Waals surface area contributed by atoms with Crippen LogP contribution < -0.4 is 10.1 Å². The molecular formula is C26H29ClF3N3O3. The monoisotopic (exact) mass is 523 g/mol. The highest BCUT2D eigenvalue weighted by Gasteiger charge is 2.43. The summed E-state index contributed by atoms with van der Waals surface area (Å²) in [6, 6.07) is 9.00. The lowest BCUT2D eigenvalue weighted by Gasteiger charge is -2.42. The molecule has 1 saturated carbocycles. The van der Waals surface area contributed by atoms with Gasteiger partial charge in [0.15, 0.2) is 0 Å². The van der Waals surface area contributed by atoms with Gasteiger partial charge in [-0.15, -0.1) is 0 Å². The van der Waals surface area contributed by atoms with Gasteiger partial charge in [0.25, 0.3) is 0 Å². The molecule has 2 heterocycles. The molecule has 194 valence electrons. The number of alkyl halides is 3. The van der Waals surface area contributed by atoms with E-state index in [1.807, 2.05) is 6.92 Å². The fourth-order valence-corrected chi connectivity index (χ4v) is 5.82. The molecule has 1 saturated heterocycles. The molecule has 1 aliphatic heterocycles. The SMILES string of the molecule is CC1CC(O)(c2ccc(Cl)cc2)CC(COc2cc(C(F)(F)F)c3c(c2)ncn3C2CC(C)(O)C2)N1. The smallest absolute Gasteiger partial charge is 0.418 e. The number of hydrogen-bond acceptors (Lipinski definition) is 5. The lowest BCUT2D eigenvalue weighted by Crippen LogP contribution is -2.53. The zero-order chi connectivity index (χ0) is 25.9. The first kappa shape index (κ1) is 25.3. The standard InChI is InChI=1S/C26H29ClF3N3O3/c1-15-9-25(35,16-3-5-17(27)6-4-16)10-18(32-15)13-36-20-7-21(26(28,29)30)23-22(8-20)31-14-33(23)19-11-24(2,34)12-19/h3-8,14-15,18-19,32,34-35H,9-13H2,1-2H3. The fourth-order valence-electron chi connectivity index (χ4n) is 5.69. The molecule has 0 amide bonds. The number of halogens is 4. The molecule has 36 heavy (non-hydrogen) atoms. The number of rotatable bonds is 5. The van der Waals surface area contributed by atoms with Crippen LogP contribution in [0.4, 0.5) is 13.2 Å². The van der Waals surface area contributed by atoms with Crippen molar-refractivity contribution in [2.75, 3.05) is 6.61 Å². The van der Waals surface area contributed by atoms with E-state index in [1.165, 1.54) is 17.0 Å². The molecule has 0 spiro atoms. The number of fused-ring (bicyclic) bond motifs is 1. The Balaban J connectivity index is 1.37. The van der Waals surface area contributed by atoms with Crippen LogP contribution in [0.5, 0.6) is 5.75 Å². The Morgan fingerprint density at radius 3 is 2.47 bits per heavy atom. The summed E-state index contributed by atoms with van der Waals surface area (Å²) in [6.45, 7) is 3.70. The molecule has 0 bridgehead atoms. The second-order valence-electron chi connectivity index (χ2n) is 10.6. The third-order valence-electron chi connectivity index (χ3n) is 7.27. The molecule has 2 aromatic carbocycles. The molecule has 2 aliphatic rings. The van der Waals surface area contributed by atoms with E-state index in [0.717, 1.165) is 11.6 Å². The van der Waals surface area contributed by atoms with Crippen LogP contribution in [0.1, 0.15) is 56.7 Å². The number of hydrogen-bond donors (Lipinski definition) is 3. The predicted molar refractivity (Wildman–Crippen MR) is 130 cm³/mol. The summed E-state index contributed by atoms with van der Waals surface area (Å²) in [6.07, 6.45) is -1.63. The molecular weight excluding hydrogens is 495 g/mol. The zero-order valence-electron chi connectivity index (χ0n) is 20.0. The molecule has 3 aromatic rings. The maximum absolute atomic E-state index is 14.1. The van der Waals surface area contributed by atoms with Gasteiger partial charge in [-0.25, -0.2) is 4.98 Å². The second kappa shape index (κ2) is 8.90. The number of nitrogens with zero attached hydrogens (tertiary/aromatic N) is 2. The van der Waals surface area contributed by atoms with E-state index in [1.54, 1.807) is 31.2 Å². The van der Waals surface area contributed by atoms with Crippen molar-refractivity contribution < 1.29 is 28.1 Å². The molecule has 2 fully saturated rings. The van der Waals surface area contributed by atoms with Crippen LogP contribution in [-0.4, -0.2) is 44.1 Å². The molecule has 10 heteroatoms. The van der Waals surface area contributed by atoms with Gasteiger partial charge in [0.2, 0.25) is 0 Å². The van der Waals surface area contributed by atoms with E-state index in [-0.39, 0.29) is 41.5 Å². The van der Waals surface area contributed by atoms with Crippen molar-refractivity contribution in [3.63, 3.8) is 0 Å². The Kier molecular flexibility index (Phi) is 6.26. The van der Waals surface area contributed by atoms with Gasteiger partial charge < -0.3 is 24.8 Å². The Bertz CT molecular complexity index is 1250. The maximum Gasteiger partial charge on any atom is 0.418 e. The van der Waals surface area contributed by atoms with Crippen molar-refractivity contribution in [3.05, 3.63) is 58.9 Å². The number of aliphatic hydroxyl groups is 2. The van der Waals surface area contributed by atoms with Crippen molar-refractivity contribution in [2.45, 2.75) is 75.0 Å². The van der Waals surface area contributed by atoms with Crippen LogP contribution in [0.3, 0.4) is 0 Å². The van der Waals surface area contributed by atoms with Gasteiger partial charge in [0.05, 0.1) is 34.1 Å². The number of benzene rings is 2. The lowest BCUT2D eigenvalue weighted by molar-refractivity contribution is -0.136. The zero-order valence-corrected chi connectivity index (χ0v) is 20.8. The second-order valence-corrected chi connectivity index (χ2v) is 11.0. The van der Waals surface area contributed by atoms with E-state index >= 15 is 0 Å². The van der Waals surface area contributed by atoms with Crippen LogP contribution in [-0.2, 0) is 11.8 Å². The Morgan fingerprint density at radius 2 is 1.83 bits per heavy atom. The highest BCUT2D eigenvalue weighted by atomic mass is 35.5. The molecule has 0 radical (unpaired) electrons. The van der Waals surface area contributed by atoms with Crippen LogP contribution in [0.2, 0.25) is 5.02 Å². The van der Waals surface area contributed by atoms with E-state index in [2.05, 4.69) is 10.3 Å². The number of ether oxygens (including phenoxy) is 1. The van der Waals surface area contributed by atoms with Crippen molar-refractivity contribution in [2.24, 2.45) is 0 Å². The van der Waals surface area contributed by atoms with Gasteiger partial charge in [0.1, 0.15) is 12.4 Å². The average Bonchev–Trinajstić information content (AvgIpc) is 3.18. The third-order valence-corrected chi connectivity index (χ3v) is 7.53. The fraction of sp³-hybridized carbons (Fsp3) is 0.500. The quantitative estimate of drug-likeness (QED) is 0.428. The maximum atomic E-state index is 14.1. The lowest BCUT2D eigenvalue weighted by atomic mass is 9.77. The molecule has 3 atom stereocenters. The van der Waals surface area contributed by atoms with Crippen molar-refractivity contribution in [1.29, 1.82) is 0 Å². The van der Waals surface area contributed by atoms with E-state index < -0.39 is 22.9 Å². The number of imidazole rings is 1. The van der Waals surface area contributed by atoms with E-state index in [9.17, 15) is 23.4 Å². The molecule has 1 aliphatic carbocycles. The van der Waals surface area contributed by atoms with Gasteiger partial charge in [-0.05, 0) is 63.3 Å². The molecule has 5 rings (SSSR count). The number of piperidine rings is 1. The average molecular weight is 524 g/mol. The van der Waals surface area contributed by atoms with Crippen LogP contribution in [0.25, 0.3) is 11.0 Å². The highest BCUT2D eigenvalue weighted by molar-refractivity contribution is 6.30. The summed E-state index contributed by atoms with van der Waals surface area (Å²) in [4.78, 5) is 4.22. The Morgan fingerprint density at radius 1 is 1.14 bits per heavy atom. The van der Waals surface area contributed by atoms with Crippen molar-refractivity contribution in [1.82, 2.24) is 14.9 Å². The summed E-state index contributed by atoms with van der Waals surface area (Å²) in [7, 11) is 0. The van der Waals surface area contributed by atoms with Crippen LogP contribution in [0, 0.1) is 0 Å².